The Bertz CT molecular complexity index is 551. The molecule has 5 nitrogen and oxygen atoms in total. The number of nitrogens with zero attached hydrogens (tertiary/aromatic N) is 1. The second kappa shape index (κ2) is 6.77. The van der Waals surface area contributed by atoms with E-state index in [1.54, 1.807) is 12.1 Å². The zero-order valence-corrected chi connectivity index (χ0v) is 13.6. The number of sulfonamides is 1. The van der Waals surface area contributed by atoms with Gasteiger partial charge in [0.2, 0.25) is 10.0 Å². The molecule has 2 rings (SSSR count). The monoisotopic (exact) mass is 311 g/mol. The van der Waals surface area contributed by atoms with Gasteiger partial charge in [-0.3, -0.25) is 0 Å². The van der Waals surface area contributed by atoms with Crippen molar-refractivity contribution in [1.82, 2.24) is 4.72 Å². The number of nitrogens with two attached hydrogens (primary N) is 1. The minimum Gasteiger partial charge on any atom is -0.368 e. The zero-order chi connectivity index (χ0) is 15.5. The molecule has 21 heavy (non-hydrogen) atoms. The maximum absolute atomic E-state index is 12.1. The van der Waals surface area contributed by atoms with Crippen LogP contribution in [0.15, 0.2) is 29.2 Å². The SMILES string of the molecule is CC(C)NS(=O)(=O)c1ccc(N(CCCN)C2CC2)cc1. The Morgan fingerprint density at radius 2 is 1.90 bits per heavy atom. The van der Waals surface area contributed by atoms with Crippen molar-refractivity contribution in [2.45, 2.75) is 50.1 Å². The number of hydrogen-bond acceptors (Lipinski definition) is 4. The van der Waals surface area contributed by atoms with Crippen LogP contribution in [-0.4, -0.2) is 33.6 Å². The van der Waals surface area contributed by atoms with Gasteiger partial charge in [-0.15, -0.1) is 0 Å². The smallest absolute Gasteiger partial charge is 0.240 e. The van der Waals surface area contributed by atoms with Crippen LogP contribution in [-0.2, 0) is 10.0 Å². The Kier molecular flexibility index (Phi) is 5.24. The second-order valence-electron chi connectivity index (χ2n) is 5.84. The fourth-order valence-corrected chi connectivity index (χ4v) is 3.62. The Hall–Kier alpha value is -1.11. The third-order valence-corrected chi connectivity index (χ3v) is 5.13. The van der Waals surface area contributed by atoms with E-state index in [4.69, 9.17) is 5.73 Å². The van der Waals surface area contributed by atoms with E-state index < -0.39 is 10.0 Å². The van der Waals surface area contributed by atoms with Gasteiger partial charge in [-0.05, 0) is 63.9 Å². The van der Waals surface area contributed by atoms with E-state index in [1.165, 1.54) is 12.8 Å². The summed E-state index contributed by atoms with van der Waals surface area (Å²) in [4.78, 5) is 2.65. The Morgan fingerprint density at radius 3 is 2.38 bits per heavy atom. The molecule has 1 aromatic carbocycles. The maximum Gasteiger partial charge on any atom is 0.240 e. The topological polar surface area (TPSA) is 75.4 Å². The van der Waals surface area contributed by atoms with Crippen molar-refractivity contribution in [2.75, 3.05) is 18.0 Å². The lowest BCUT2D eigenvalue weighted by molar-refractivity contribution is 0.570. The van der Waals surface area contributed by atoms with E-state index >= 15 is 0 Å². The molecule has 0 unspecified atom stereocenters. The van der Waals surface area contributed by atoms with Gasteiger partial charge in [-0.25, -0.2) is 13.1 Å². The molecule has 0 bridgehead atoms. The lowest BCUT2D eigenvalue weighted by Crippen LogP contribution is -2.30. The Balaban J connectivity index is 2.13. The fraction of sp³-hybridized carbons (Fsp3) is 0.600. The van der Waals surface area contributed by atoms with Crippen LogP contribution in [0.4, 0.5) is 5.69 Å². The molecule has 0 radical (unpaired) electrons. The van der Waals surface area contributed by atoms with Crippen LogP contribution in [0.1, 0.15) is 33.1 Å². The first kappa shape index (κ1) is 16.3. The molecule has 1 saturated carbocycles. The summed E-state index contributed by atoms with van der Waals surface area (Å²) in [6.07, 6.45) is 3.37. The quantitative estimate of drug-likeness (QED) is 0.766. The molecule has 1 aliphatic rings. The first-order chi connectivity index (χ1) is 9.94. The molecule has 0 amide bonds. The summed E-state index contributed by atoms with van der Waals surface area (Å²) in [5, 5.41) is 0. The van der Waals surface area contributed by atoms with Crippen molar-refractivity contribution >= 4 is 15.7 Å². The number of anilines is 1. The van der Waals surface area contributed by atoms with Gasteiger partial charge in [0.25, 0.3) is 0 Å². The third kappa shape index (κ3) is 4.43. The number of rotatable bonds is 8. The summed E-state index contributed by atoms with van der Waals surface area (Å²) in [5.74, 6) is 0. The van der Waals surface area contributed by atoms with Crippen LogP contribution in [0, 0.1) is 0 Å². The van der Waals surface area contributed by atoms with Crippen molar-refractivity contribution in [1.29, 1.82) is 0 Å². The van der Waals surface area contributed by atoms with Gasteiger partial charge in [0.15, 0.2) is 0 Å². The highest BCUT2D eigenvalue weighted by atomic mass is 32.2. The summed E-state index contributed by atoms with van der Waals surface area (Å²) in [6.45, 7) is 5.23. The van der Waals surface area contributed by atoms with Crippen LogP contribution < -0.4 is 15.4 Å². The maximum atomic E-state index is 12.1. The van der Waals surface area contributed by atoms with Crippen molar-refractivity contribution < 1.29 is 8.42 Å². The molecule has 0 aliphatic heterocycles. The predicted octanol–water partition coefficient (Wildman–Crippen LogP) is 1.69. The predicted molar refractivity (Wildman–Crippen MR) is 85.9 cm³/mol. The first-order valence-electron chi connectivity index (χ1n) is 7.53. The molecule has 6 heteroatoms. The largest absolute Gasteiger partial charge is 0.368 e. The Morgan fingerprint density at radius 1 is 1.29 bits per heavy atom. The lowest BCUT2D eigenvalue weighted by atomic mass is 10.2. The molecular formula is C15H25N3O2S. The van der Waals surface area contributed by atoms with Crippen molar-refractivity contribution in [3.63, 3.8) is 0 Å². The van der Waals surface area contributed by atoms with Crippen LogP contribution in [0.25, 0.3) is 0 Å². The van der Waals surface area contributed by atoms with Gasteiger partial charge in [0.1, 0.15) is 0 Å². The van der Waals surface area contributed by atoms with E-state index in [2.05, 4.69) is 9.62 Å². The van der Waals surface area contributed by atoms with Crippen molar-refractivity contribution in [3.05, 3.63) is 24.3 Å². The molecular weight excluding hydrogens is 286 g/mol. The normalized spacial score (nSPS) is 15.4. The Labute approximate surface area is 127 Å². The molecule has 3 N–H and O–H groups in total. The summed E-state index contributed by atoms with van der Waals surface area (Å²) < 4.78 is 26.8. The lowest BCUT2D eigenvalue weighted by Gasteiger charge is -2.24. The van der Waals surface area contributed by atoms with Crippen molar-refractivity contribution in [2.24, 2.45) is 5.73 Å². The van der Waals surface area contributed by atoms with Crippen LogP contribution in [0.3, 0.4) is 0 Å². The van der Waals surface area contributed by atoms with Gasteiger partial charge in [-0.1, -0.05) is 0 Å². The number of hydrogen-bond donors (Lipinski definition) is 2. The molecule has 0 saturated heterocycles. The number of benzene rings is 1. The van der Waals surface area contributed by atoms with E-state index in [9.17, 15) is 8.42 Å². The summed E-state index contributed by atoms with van der Waals surface area (Å²) in [7, 11) is -3.41. The average Bonchev–Trinajstić information content (AvgIpc) is 3.23. The van der Waals surface area contributed by atoms with E-state index in [0.29, 0.717) is 17.5 Å². The van der Waals surface area contributed by atoms with Gasteiger partial charge >= 0.3 is 0 Å². The molecule has 1 aromatic rings. The summed E-state index contributed by atoms with van der Waals surface area (Å²) in [6, 6.07) is 7.62. The van der Waals surface area contributed by atoms with E-state index in [-0.39, 0.29) is 6.04 Å². The summed E-state index contributed by atoms with van der Waals surface area (Å²) >= 11 is 0. The molecule has 0 atom stereocenters. The average molecular weight is 311 g/mol. The molecule has 0 heterocycles. The van der Waals surface area contributed by atoms with E-state index in [0.717, 1.165) is 18.7 Å². The highest BCUT2D eigenvalue weighted by Gasteiger charge is 2.29. The van der Waals surface area contributed by atoms with Gasteiger partial charge in [0, 0.05) is 24.3 Å². The van der Waals surface area contributed by atoms with E-state index in [1.807, 2.05) is 26.0 Å². The van der Waals surface area contributed by atoms with Gasteiger partial charge in [0.05, 0.1) is 4.90 Å². The fourth-order valence-electron chi connectivity index (χ4n) is 2.37. The highest BCUT2D eigenvalue weighted by Crippen LogP contribution is 2.32. The van der Waals surface area contributed by atoms with Gasteiger partial charge < -0.3 is 10.6 Å². The molecule has 118 valence electrons. The molecule has 1 fully saturated rings. The summed E-state index contributed by atoms with van der Waals surface area (Å²) in [5.41, 5.74) is 6.67. The minimum absolute atomic E-state index is 0.109. The zero-order valence-electron chi connectivity index (χ0n) is 12.7. The molecule has 0 aromatic heterocycles. The first-order valence-corrected chi connectivity index (χ1v) is 9.01. The van der Waals surface area contributed by atoms with Crippen molar-refractivity contribution in [3.8, 4) is 0 Å². The molecule has 1 aliphatic carbocycles. The molecule has 0 spiro atoms. The minimum atomic E-state index is -3.41. The number of nitrogens with one attached hydrogen (secondary N) is 1. The highest BCUT2D eigenvalue weighted by molar-refractivity contribution is 7.89. The van der Waals surface area contributed by atoms with Gasteiger partial charge in [-0.2, -0.15) is 0 Å². The van der Waals surface area contributed by atoms with Crippen LogP contribution >= 0.6 is 0 Å². The third-order valence-electron chi connectivity index (χ3n) is 3.46. The second-order valence-corrected chi connectivity index (χ2v) is 7.55. The standard InChI is InChI=1S/C15H25N3O2S/c1-12(2)17-21(19,20)15-8-6-14(7-9-15)18(11-3-10-16)13-4-5-13/h6-9,12-13,17H,3-5,10-11,16H2,1-2H3. The van der Waals surface area contributed by atoms with Crippen LogP contribution in [0.5, 0.6) is 0 Å². The van der Waals surface area contributed by atoms with Crippen LogP contribution in [0.2, 0.25) is 0 Å².